The van der Waals surface area contributed by atoms with Gasteiger partial charge in [-0.2, -0.15) is 0 Å². The normalized spacial score (nSPS) is 13.5. The van der Waals surface area contributed by atoms with Crippen LogP contribution in [0.25, 0.3) is 6.08 Å². The molecule has 0 saturated heterocycles. The summed E-state index contributed by atoms with van der Waals surface area (Å²) in [6.45, 7) is 1.76. The minimum Gasteiger partial charge on any atom is -0.393 e. The first-order valence-electron chi connectivity index (χ1n) is 4.29. The van der Waals surface area contributed by atoms with Crippen molar-refractivity contribution in [2.24, 2.45) is 0 Å². The maximum absolute atomic E-state index is 9.02. The van der Waals surface area contributed by atoms with Crippen LogP contribution in [0, 0.1) is 0 Å². The standard InChI is InChI=1S/C11H13ClO/c1-9(13)5-4-7-10-6-2-3-8-11(10)12/h2-4,6-9,13H,5H2,1H3/b7-4+. The van der Waals surface area contributed by atoms with Gasteiger partial charge in [0, 0.05) is 5.02 Å². The van der Waals surface area contributed by atoms with E-state index in [0.29, 0.717) is 6.42 Å². The van der Waals surface area contributed by atoms with E-state index in [1.807, 2.05) is 36.4 Å². The van der Waals surface area contributed by atoms with Gasteiger partial charge in [0.25, 0.3) is 0 Å². The van der Waals surface area contributed by atoms with E-state index in [0.717, 1.165) is 10.6 Å². The molecule has 70 valence electrons. The molecule has 1 atom stereocenters. The van der Waals surface area contributed by atoms with E-state index in [4.69, 9.17) is 16.7 Å². The third-order valence-electron chi connectivity index (χ3n) is 1.68. The van der Waals surface area contributed by atoms with Crippen LogP contribution in [0.1, 0.15) is 18.9 Å². The molecule has 0 aromatic heterocycles. The van der Waals surface area contributed by atoms with Gasteiger partial charge in [0.05, 0.1) is 6.10 Å². The highest BCUT2D eigenvalue weighted by molar-refractivity contribution is 6.32. The number of aliphatic hydroxyl groups is 1. The van der Waals surface area contributed by atoms with Crippen molar-refractivity contribution in [1.29, 1.82) is 0 Å². The summed E-state index contributed by atoms with van der Waals surface area (Å²) in [7, 11) is 0. The predicted octanol–water partition coefficient (Wildman–Crippen LogP) is 3.12. The zero-order chi connectivity index (χ0) is 9.68. The second-order valence-corrected chi connectivity index (χ2v) is 3.42. The molecule has 0 aliphatic rings. The molecule has 1 nitrogen and oxygen atoms in total. The minimum absolute atomic E-state index is 0.293. The van der Waals surface area contributed by atoms with Crippen molar-refractivity contribution in [3.05, 3.63) is 40.9 Å². The summed E-state index contributed by atoms with van der Waals surface area (Å²) in [4.78, 5) is 0. The molecule has 0 aliphatic carbocycles. The first kappa shape index (κ1) is 10.3. The van der Waals surface area contributed by atoms with Crippen molar-refractivity contribution in [2.45, 2.75) is 19.4 Å². The van der Waals surface area contributed by atoms with E-state index in [2.05, 4.69) is 0 Å². The van der Waals surface area contributed by atoms with Crippen LogP contribution in [-0.2, 0) is 0 Å². The van der Waals surface area contributed by atoms with Crippen molar-refractivity contribution in [2.75, 3.05) is 0 Å². The van der Waals surface area contributed by atoms with Crippen LogP contribution in [0.5, 0.6) is 0 Å². The van der Waals surface area contributed by atoms with Gasteiger partial charge >= 0.3 is 0 Å². The molecule has 0 fully saturated rings. The van der Waals surface area contributed by atoms with Crippen molar-refractivity contribution in [3.63, 3.8) is 0 Å². The second-order valence-electron chi connectivity index (χ2n) is 3.01. The molecule has 0 heterocycles. The van der Waals surface area contributed by atoms with Gasteiger partial charge in [-0.3, -0.25) is 0 Å². The molecule has 13 heavy (non-hydrogen) atoms. The number of hydrogen-bond donors (Lipinski definition) is 1. The quantitative estimate of drug-likeness (QED) is 0.788. The fourth-order valence-corrected chi connectivity index (χ4v) is 1.20. The molecule has 1 aromatic rings. The molecule has 1 aromatic carbocycles. The Morgan fingerprint density at radius 1 is 1.46 bits per heavy atom. The van der Waals surface area contributed by atoms with Gasteiger partial charge in [-0.1, -0.05) is 42.0 Å². The maximum Gasteiger partial charge on any atom is 0.0546 e. The van der Waals surface area contributed by atoms with Gasteiger partial charge in [0.15, 0.2) is 0 Å². The number of benzene rings is 1. The van der Waals surface area contributed by atoms with Crippen LogP contribution < -0.4 is 0 Å². The van der Waals surface area contributed by atoms with Gasteiger partial charge in [0.1, 0.15) is 0 Å². The van der Waals surface area contributed by atoms with E-state index in [1.54, 1.807) is 6.92 Å². The Bertz CT molecular complexity index is 292. The van der Waals surface area contributed by atoms with E-state index >= 15 is 0 Å². The number of aliphatic hydroxyl groups excluding tert-OH is 1. The number of halogens is 1. The van der Waals surface area contributed by atoms with Crippen molar-refractivity contribution >= 4 is 17.7 Å². The highest BCUT2D eigenvalue weighted by Gasteiger charge is 1.93. The monoisotopic (exact) mass is 196 g/mol. The average Bonchev–Trinajstić information content (AvgIpc) is 2.08. The van der Waals surface area contributed by atoms with Gasteiger partial charge in [0.2, 0.25) is 0 Å². The summed E-state index contributed by atoms with van der Waals surface area (Å²) in [6.07, 6.45) is 4.21. The van der Waals surface area contributed by atoms with E-state index in [9.17, 15) is 0 Å². The molecule has 1 rings (SSSR count). The Morgan fingerprint density at radius 3 is 2.77 bits per heavy atom. The lowest BCUT2D eigenvalue weighted by atomic mass is 10.2. The SMILES string of the molecule is CC(O)C/C=C/c1ccccc1Cl. The van der Waals surface area contributed by atoms with Gasteiger partial charge in [-0.25, -0.2) is 0 Å². The lowest BCUT2D eigenvalue weighted by Gasteiger charge is -1.98. The van der Waals surface area contributed by atoms with Gasteiger partial charge < -0.3 is 5.11 Å². The summed E-state index contributed by atoms with van der Waals surface area (Å²) >= 11 is 5.93. The summed E-state index contributed by atoms with van der Waals surface area (Å²) in [5.41, 5.74) is 0.991. The van der Waals surface area contributed by atoms with E-state index in [-0.39, 0.29) is 6.10 Å². The first-order chi connectivity index (χ1) is 6.20. The average molecular weight is 197 g/mol. The summed E-state index contributed by atoms with van der Waals surface area (Å²) < 4.78 is 0. The fraction of sp³-hybridized carbons (Fsp3) is 0.273. The highest BCUT2D eigenvalue weighted by Crippen LogP contribution is 2.16. The lowest BCUT2D eigenvalue weighted by Crippen LogP contribution is -1.95. The molecule has 0 bridgehead atoms. The molecule has 2 heteroatoms. The molecule has 0 aliphatic heterocycles. The van der Waals surface area contributed by atoms with E-state index in [1.165, 1.54) is 0 Å². The fourth-order valence-electron chi connectivity index (χ4n) is 1.00. The van der Waals surface area contributed by atoms with Crippen molar-refractivity contribution in [1.82, 2.24) is 0 Å². The molecular weight excluding hydrogens is 184 g/mol. The third-order valence-corrected chi connectivity index (χ3v) is 2.02. The second kappa shape index (κ2) is 5.05. The molecule has 1 unspecified atom stereocenters. The molecule has 0 amide bonds. The van der Waals surface area contributed by atoms with Gasteiger partial charge in [-0.15, -0.1) is 0 Å². The predicted molar refractivity (Wildman–Crippen MR) is 56.8 cm³/mol. The van der Waals surface area contributed by atoms with Crippen LogP contribution in [-0.4, -0.2) is 11.2 Å². The zero-order valence-electron chi connectivity index (χ0n) is 7.57. The summed E-state index contributed by atoms with van der Waals surface area (Å²) in [5.74, 6) is 0. The Kier molecular flexibility index (Phi) is 4.00. The summed E-state index contributed by atoms with van der Waals surface area (Å²) in [5, 5.41) is 9.76. The van der Waals surface area contributed by atoms with Crippen molar-refractivity contribution < 1.29 is 5.11 Å². The highest BCUT2D eigenvalue weighted by atomic mass is 35.5. The molecule has 1 N–H and O–H groups in total. The van der Waals surface area contributed by atoms with Crippen LogP contribution in [0.4, 0.5) is 0 Å². The topological polar surface area (TPSA) is 20.2 Å². The van der Waals surface area contributed by atoms with Crippen LogP contribution >= 0.6 is 11.6 Å². The maximum atomic E-state index is 9.02. The molecule has 0 spiro atoms. The van der Waals surface area contributed by atoms with Crippen LogP contribution in [0.2, 0.25) is 5.02 Å². The third kappa shape index (κ3) is 3.62. The Morgan fingerprint density at radius 2 is 2.15 bits per heavy atom. The van der Waals surface area contributed by atoms with Crippen LogP contribution in [0.3, 0.4) is 0 Å². The first-order valence-corrected chi connectivity index (χ1v) is 4.67. The Labute approximate surface area is 83.7 Å². The smallest absolute Gasteiger partial charge is 0.0546 e. The molecule has 0 saturated carbocycles. The van der Waals surface area contributed by atoms with Crippen LogP contribution in [0.15, 0.2) is 30.3 Å². The van der Waals surface area contributed by atoms with E-state index < -0.39 is 0 Å². The number of hydrogen-bond acceptors (Lipinski definition) is 1. The Hall–Kier alpha value is -0.790. The van der Waals surface area contributed by atoms with Crippen molar-refractivity contribution in [3.8, 4) is 0 Å². The Balaban J connectivity index is 2.63. The zero-order valence-corrected chi connectivity index (χ0v) is 8.33. The lowest BCUT2D eigenvalue weighted by molar-refractivity contribution is 0.199. The molecule has 0 radical (unpaired) electrons. The minimum atomic E-state index is -0.293. The van der Waals surface area contributed by atoms with Gasteiger partial charge in [-0.05, 0) is 25.0 Å². The molecular formula is C11H13ClO. The number of rotatable bonds is 3. The largest absolute Gasteiger partial charge is 0.393 e. The summed E-state index contributed by atoms with van der Waals surface area (Å²) in [6, 6.07) is 7.63.